The molecule has 1 aromatic carbocycles. The van der Waals surface area contributed by atoms with Crippen LogP contribution in [0.2, 0.25) is 0 Å². The fourth-order valence-corrected chi connectivity index (χ4v) is 3.06. The van der Waals surface area contributed by atoms with E-state index in [0.29, 0.717) is 0 Å². The maximum absolute atomic E-state index is 11.3. The summed E-state index contributed by atoms with van der Waals surface area (Å²) >= 11 is 1.28. The minimum absolute atomic E-state index is 0.195. The molecule has 0 aliphatic carbocycles. The molecule has 23 heavy (non-hydrogen) atoms. The van der Waals surface area contributed by atoms with Gasteiger partial charge >= 0.3 is 5.97 Å². The van der Waals surface area contributed by atoms with Crippen LogP contribution in [-0.4, -0.2) is 26.7 Å². The number of hydrogen-bond acceptors (Lipinski definition) is 4. The molecule has 5 nitrogen and oxygen atoms in total. The number of benzene rings is 1. The number of carboxylic acids is 1. The van der Waals surface area contributed by atoms with Gasteiger partial charge in [-0.3, -0.25) is 14.6 Å². The van der Waals surface area contributed by atoms with Gasteiger partial charge < -0.3 is 10.8 Å². The molecule has 3 N–H and O–H groups in total. The standard InChI is InChI=1S/C17H18N2O3S/c1-17(2,16(21)22)23-14-7-8-19-10-13(14)12-5-3-11(4-6-12)9-15(18)20/h3-8,10H,9H2,1-2H3,(H2,18,20)(H,21,22). The van der Waals surface area contributed by atoms with Gasteiger partial charge in [0.05, 0.1) is 6.42 Å². The number of carboxylic acid groups (broad SMARTS) is 1. The van der Waals surface area contributed by atoms with Crippen molar-refractivity contribution in [1.29, 1.82) is 0 Å². The fraction of sp³-hybridized carbons (Fsp3) is 0.235. The van der Waals surface area contributed by atoms with E-state index in [1.165, 1.54) is 11.8 Å². The quantitative estimate of drug-likeness (QED) is 0.794. The van der Waals surface area contributed by atoms with Gasteiger partial charge in [0.25, 0.3) is 0 Å². The Kier molecular flexibility index (Phi) is 5.05. The maximum atomic E-state index is 11.3. The van der Waals surface area contributed by atoms with E-state index in [-0.39, 0.29) is 12.3 Å². The Labute approximate surface area is 138 Å². The molecule has 1 amide bonds. The normalized spacial score (nSPS) is 11.2. The molecular weight excluding hydrogens is 312 g/mol. The van der Waals surface area contributed by atoms with Gasteiger partial charge in [0.15, 0.2) is 0 Å². The van der Waals surface area contributed by atoms with Crippen molar-refractivity contribution in [3.8, 4) is 11.1 Å². The smallest absolute Gasteiger partial charge is 0.319 e. The average Bonchev–Trinajstić information content (AvgIpc) is 2.47. The summed E-state index contributed by atoms with van der Waals surface area (Å²) < 4.78 is -0.942. The summed E-state index contributed by atoms with van der Waals surface area (Å²) in [7, 11) is 0. The van der Waals surface area contributed by atoms with Gasteiger partial charge in [0, 0.05) is 22.9 Å². The summed E-state index contributed by atoms with van der Waals surface area (Å²) in [4.78, 5) is 27.3. The van der Waals surface area contributed by atoms with E-state index >= 15 is 0 Å². The van der Waals surface area contributed by atoms with Gasteiger partial charge in [0.2, 0.25) is 5.91 Å². The minimum Gasteiger partial charge on any atom is -0.480 e. The highest BCUT2D eigenvalue weighted by Crippen LogP contribution is 2.38. The molecule has 0 saturated carbocycles. The highest BCUT2D eigenvalue weighted by molar-refractivity contribution is 8.01. The minimum atomic E-state index is -0.942. The van der Waals surface area contributed by atoms with Gasteiger partial charge in [-0.15, -0.1) is 11.8 Å². The first-order chi connectivity index (χ1) is 10.8. The summed E-state index contributed by atoms with van der Waals surface area (Å²) in [5.74, 6) is -1.25. The monoisotopic (exact) mass is 330 g/mol. The van der Waals surface area contributed by atoms with E-state index in [1.807, 2.05) is 30.3 Å². The Morgan fingerprint density at radius 1 is 1.22 bits per heavy atom. The number of pyridine rings is 1. The molecule has 0 bridgehead atoms. The first-order valence-electron chi connectivity index (χ1n) is 7.03. The van der Waals surface area contributed by atoms with Crippen LogP contribution in [0.15, 0.2) is 47.6 Å². The van der Waals surface area contributed by atoms with Gasteiger partial charge in [0.1, 0.15) is 4.75 Å². The molecule has 2 aromatic rings. The molecule has 0 saturated heterocycles. The van der Waals surface area contributed by atoms with Crippen LogP contribution in [-0.2, 0) is 16.0 Å². The number of hydrogen-bond donors (Lipinski definition) is 2. The first kappa shape index (κ1) is 17.0. The maximum Gasteiger partial charge on any atom is 0.319 e. The van der Waals surface area contributed by atoms with Crippen LogP contribution in [0.5, 0.6) is 0 Å². The van der Waals surface area contributed by atoms with E-state index in [1.54, 1.807) is 26.2 Å². The number of carbonyl (C=O) groups excluding carboxylic acids is 1. The van der Waals surface area contributed by atoms with Crippen LogP contribution >= 0.6 is 11.8 Å². The molecule has 0 radical (unpaired) electrons. The van der Waals surface area contributed by atoms with Gasteiger partial charge in [-0.05, 0) is 31.0 Å². The molecule has 2 rings (SSSR count). The number of aromatic nitrogens is 1. The molecule has 0 aliphatic heterocycles. The molecule has 0 fully saturated rings. The van der Waals surface area contributed by atoms with Crippen LogP contribution in [0.25, 0.3) is 11.1 Å². The van der Waals surface area contributed by atoms with Gasteiger partial charge in [-0.25, -0.2) is 0 Å². The number of primary amides is 1. The summed E-state index contributed by atoms with van der Waals surface area (Å²) in [6.45, 7) is 3.33. The highest BCUT2D eigenvalue weighted by atomic mass is 32.2. The lowest BCUT2D eigenvalue weighted by Crippen LogP contribution is -2.27. The van der Waals surface area contributed by atoms with Crippen molar-refractivity contribution in [3.63, 3.8) is 0 Å². The van der Waals surface area contributed by atoms with E-state index in [2.05, 4.69) is 4.98 Å². The Hall–Kier alpha value is -2.34. The van der Waals surface area contributed by atoms with Gasteiger partial charge in [-0.1, -0.05) is 24.3 Å². The molecule has 120 valence electrons. The molecule has 0 atom stereocenters. The zero-order valence-corrected chi connectivity index (χ0v) is 13.8. The predicted molar refractivity (Wildman–Crippen MR) is 90.1 cm³/mol. The summed E-state index contributed by atoms with van der Waals surface area (Å²) in [6.07, 6.45) is 3.55. The van der Waals surface area contributed by atoms with Crippen molar-refractivity contribution >= 4 is 23.6 Å². The van der Waals surface area contributed by atoms with Gasteiger partial charge in [-0.2, -0.15) is 0 Å². The Morgan fingerprint density at radius 3 is 2.43 bits per heavy atom. The van der Waals surface area contributed by atoms with Crippen molar-refractivity contribution < 1.29 is 14.7 Å². The number of thioether (sulfide) groups is 1. The Bertz CT molecular complexity index is 727. The Morgan fingerprint density at radius 2 is 1.87 bits per heavy atom. The molecule has 6 heteroatoms. The number of amides is 1. The number of nitrogens with two attached hydrogens (primary N) is 1. The third-order valence-corrected chi connectivity index (χ3v) is 4.57. The topological polar surface area (TPSA) is 93.3 Å². The second-order valence-corrected chi connectivity index (χ2v) is 7.29. The van der Waals surface area contributed by atoms with Crippen molar-refractivity contribution in [2.45, 2.75) is 29.9 Å². The zero-order valence-electron chi connectivity index (χ0n) is 12.9. The number of aliphatic carboxylic acids is 1. The van der Waals surface area contributed by atoms with E-state index in [4.69, 9.17) is 5.73 Å². The highest BCUT2D eigenvalue weighted by Gasteiger charge is 2.29. The Balaban J connectivity index is 2.33. The van der Waals surface area contributed by atoms with Crippen molar-refractivity contribution in [2.24, 2.45) is 5.73 Å². The van der Waals surface area contributed by atoms with Crippen molar-refractivity contribution in [2.75, 3.05) is 0 Å². The fourth-order valence-electron chi connectivity index (χ4n) is 2.01. The lowest BCUT2D eigenvalue weighted by Gasteiger charge is -2.20. The first-order valence-corrected chi connectivity index (χ1v) is 7.85. The van der Waals surface area contributed by atoms with Crippen LogP contribution in [0.1, 0.15) is 19.4 Å². The molecule has 0 aliphatic rings. The molecule has 0 spiro atoms. The lowest BCUT2D eigenvalue weighted by atomic mass is 10.0. The second kappa shape index (κ2) is 6.83. The van der Waals surface area contributed by atoms with Crippen LogP contribution in [0, 0.1) is 0 Å². The second-order valence-electron chi connectivity index (χ2n) is 5.63. The zero-order chi connectivity index (χ0) is 17.0. The van der Waals surface area contributed by atoms with E-state index < -0.39 is 10.7 Å². The average molecular weight is 330 g/mol. The van der Waals surface area contributed by atoms with Crippen LogP contribution < -0.4 is 5.73 Å². The predicted octanol–water partition coefficient (Wildman–Crippen LogP) is 2.73. The molecule has 1 aromatic heterocycles. The SMILES string of the molecule is CC(C)(Sc1ccncc1-c1ccc(CC(N)=O)cc1)C(=O)O. The summed E-state index contributed by atoms with van der Waals surface area (Å²) in [5, 5.41) is 9.30. The van der Waals surface area contributed by atoms with Crippen LogP contribution in [0.4, 0.5) is 0 Å². The van der Waals surface area contributed by atoms with Crippen molar-refractivity contribution in [3.05, 3.63) is 48.3 Å². The molecular formula is C17H18N2O3S. The molecule has 1 heterocycles. The molecule has 0 unspecified atom stereocenters. The van der Waals surface area contributed by atoms with E-state index in [0.717, 1.165) is 21.6 Å². The van der Waals surface area contributed by atoms with E-state index in [9.17, 15) is 14.7 Å². The summed E-state index contributed by atoms with van der Waals surface area (Å²) in [6, 6.07) is 9.25. The largest absolute Gasteiger partial charge is 0.480 e. The van der Waals surface area contributed by atoms with Crippen molar-refractivity contribution in [1.82, 2.24) is 4.98 Å². The van der Waals surface area contributed by atoms with Crippen LogP contribution in [0.3, 0.4) is 0 Å². The lowest BCUT2D eigenvalue weighted by molar-refractivity contribution is -0.138. The number of nitrogens with zero attached hydrogens (tertiary/aromatic N) is 1. The summed E-state index contributed by atoms with van der Waals surface area (Å²) in [5.41, 5.74) is 7.80. The number of rotatable bonds is 6. The third kappa shape index (κ3) is 4.32. The third-order valence-electron chi connectivity index (χ3n) is 3.30. The number of carbonyl (C=O) groups is 2.